The number of pyridine rings is 1. The van der Waals surface area contributed by atoms with Crippen molar-refractivity contribution in [3.8, 4) is 0 Å². The molecule has 0 bridgehead atoms. The molecule has 2 aromatic heterocycles. The van der Waals surface area contributed by atoms with Crippen molar-refractivity contribution in [3.63, 3.8) is 0 Å². The number of rotatable bonds is 15. The van der Waals surface area contributed by atoms with Crippen molar-refractivity contribution in [3.05, 3.63) is 64.2 Å². The predicted octanol–water partition coefficient (Wildman–Crippen LogP) is 6.72. The number of hydrazine groups is 1. The second kappa shape index (κ2) is 18.8. The predicted molar refractivity (Wildman–Crippen MR) is 210 cm³/mol. The smallest absolute Gasteiger partial charge is 0.325 e. The van der Waals surface area contributed by atoms with Gasteiger partial charge in [-0.2, -0.15) is 0 Å². The van der Waals surface area contributed by atoms with Gasteiger partial charge in [0.25, 0.3) is 5.91 Å². The molecule has 1 saturated heterocycles. The van der Waals surface area contributed by atoms with Crippen LogP contribution in [0.5, 0.6) is 0 Å². The summed E-state index contributed by atoms with van der Waals surface area (Å²) >= 11 is 18.5. The Labute approximate surface area is 334 Å². The monoisotopic (exact) mass is 821 g/mol. The topological polar surface area (TPSA) is 157 Å². The molecule has 1 fully saturated rings. The van der Waals surface area contributed by atoms with Crippen molar-refractivity contribution in [1.82, 2.24) is 25.7 Å². The second-order valence-electron chi connectivity index (χ2n) is 14.3. The van der Waals surface area contributed by atoms with Crippen molar-refractivity contribution in [2.75, 3.05) is 13.2 Å². The number of nitrogens with zero attached hydrogens (tertiary/aromatic N) is 3. The summed E-state index contributed by atoms with van der Waals surface area (Å²) in [5.74, 6) is -3.10. The molecule has 1 aliphatic heterocycles. The molecule has 0 spiro atoms. The fraction of sp³-hybridized carbons (Fsp3) is 0.500. The Bertz CT molecular complexity index is 1850. The number of carbonyl (C=O) groups excluding carboxylic acids is 5. The summed E-state index contributed by atoms with van der Waals surface area (Å²) in [5.41, 5.74) is 6.37. The molecule has 0 saturated carbocycles. The number of thiazole rings is 1. The number of ether oxygens (including phenoxy) is 2. The van der Waals surface area contributed by atoms with Gasteiger partial charge in [0.2, 0.25) is 9.70 Å². The molecule has 1 aromatic carbocycles. The minimum absolute atomic E-state index is 0.0613. The van der Waals surface area contributed by atoms with Gasteiger partial charge in [-0.25, -0.2) is 15.4 Å². The number of hydrogen-bond acceptors (Lipinski definition) is 11. The van der Waals surface area contributed by atoms with E-state index in [1.165, 1.54) is 23.3 Å². The number of benzene rings is 1. The van der Waals surface area contributed by atoms with E-state index in [0.717, 1.165) is 10.9 Å². The van der Waals surface area contributed by atoms with Crippen LogP contribution in [0.3, 0.4) is 0 Å². The zero-order valence-corrected chi connectivity index (χ0v) is 34.2. The summed E-state index contributed by atoms with van der Waals surface area (Å²) in [4.78, 5) is 74.8. The average molecular weight is 823 g/mol. The van der Waals surface area contributed by atoms with E-state index in [1.807, 2.05) is 56.3 Å². The van der Waals surface area contributed by atoms with Gasteiger partial charge in [-0.1, -0.05) is 79.0 Å². The first-order valence-corrected chi connectivity index (χ1v) is 19.7. The van der Waals surface area contributed by atoms with E-state index >= 15 is 0 Å². The molecule has 2 amide bonds. The number of alkyl halides is 3. The molecule has 3 aromatic rings. The average Bonchev–Trinajstić information content (AvgIpc) is 3.63. The second-order valence-corrected chi connectivity index (χ2v) is 17.5. The van der Waals surface area contributed by atoms with Gasteiger partial charge in [-0.3, -0.25) is 29.0 Å². The van der Waals surface area contributed by atoms with Crippen molar-refractivity contribution >= 4 is 92.7 Å². The van der Waals surface area contributed by atoms with Gasteiger partial charge in [0.1, 0.15) is 30.6 Å². The molecule has 3 heterocycles. The first-order valence-electron chi connectivity index (χ1n) is 17.6. The van der Waals surface area contributed by atoms with E-state index in [9.17, 15) is 24.0 Å². The van der Waals surface area contributed by atoms with Gasteiger partial charge >= 0.3 is 11.9 Å². The molecule has 16 heteroatoms. The number of fused-ring (bicyclic) bond motifs is 1. The molecule has 2 N–H and O–H groups in total. The summed E-state index contributed by atoms with van der Waals surface area (Å²) in [6, 6.07) is 7.59. The summed E-state index contributed by atoms with van der Waals surface area (Å²) < 4.78 is 8.62. The number of allylic oxidation sites excluding steroid dienone is 1. The molecule has 4 rings (SSSR count). The molecule has 54 heavy (non-hydrogen) atoms. The fourth-order valence-corrected chi connectivity index (χ4v) is 6.60. The third kappa shape index (κ3) is 12.5. The van der Waals surface area contributed by atoms with Crippen LogP contribution in [0.4, 0.5) is 0 Å². The molecule has 0 radical (unpaired) electrons. The lowest BCUT2D eigenvalue weighted by molar-refractivity contribution is -0.153. The minimum Gasteiger partial charge on any atom is -0.460 e. The maximum Gasteiger partial charge on any atom is 0.325 e. The van der Waals surface area contributed by atoms with E-state index < -0.39 is 57.7 Å². The molecule has 12 nitrogen and oxygen atoms in total. The first kappa shape index (κ1) is 43.1. The lowest BCUT2D eigenvalue weighted by atomic mass is 9.79. The zero-order valence-electron chi connectivity index (χ0n) is 31.1. The summed E-state index contributed by atoms with van der Waals surface area (Å²) in [7, 11) is 0. The summed E-state index contributed by atoms with van der Waals surface area (Å²) in [5, 5.41) is 6.90. The van der Waals surface area contributed by atoms with Crippen LogP contribution in [0.2, 0.25) is 0 Å². The molecular formula is C38H46Cl3N5O7S. The Kier molecular flexibility index (Phi) is 15.0. The Hall–Kier alpha value is -3.62. The maximum atomic E-state index is 13.9. The van der Waals surface area contributed by atoms with Gasteiger partial charge in [0.05, 0.1) is 22.4 Å². The zero-order chi connectivity index (χ0) is 39.8. The number of carbonyl (C=O) groups is 5. The number of halogens is 3. The number of ketones is 1. The van der Waals surface area contributed by atoms with E-state index in [0.29, 0.717) is 29.7 Å². The Balaban J connectivity index is 1.46. The molecule has 4 atom stereocenters. The lowest BCUT2D eigenvalue weighted by Gasteiger charge is -2.35. The minimum atomic E-state index is -1.78. The number of amides is 2. The highest BCUT2D eigenvalue weighted by molar-refractivity contribution is 7.07. The summed E-state index contributed by atoms with van der Waals surface area (Å²) in [6.45, 7) is 10.3. The maximum absolute atomic E-state index is 13.9. The highest BCUT2D eigenvalue weighted by Crippen LogP contribution is 2.29. The first-order chi connectivity index (χ1) is 25.3. The third-order valence-corrected chi connectivity index (χ3v) is 10.0. The van der Waals surface area contributed by atoms with Gasteiger partial charge in [0, 0.05) is 48.4 Å². The highest BCUT2D eigenvalue weighted by Gasteiger charge is 2.37. The molecule has 1 aliphatic rings. The Morgan fingerprint density at radius 2 is 1.83 bits per heavy atom. The Morgan fingerprint density at radius 3 is 2.48 bits per heavy atom. The van der Waals surface area contributed by atoms with Gasteiger partial charge < -0.3 is 14.8 Å². The lowest BCUT2D eigenvalue weighted by Crippen LogP contribution is -2.61. The van der Waals surface area contributed by atoms with Crippen LogP contribution in [0.15, 0.2) is 47.3 Å². The van der Waals surface area contributed by atoms with Crippen LogP contribution in [-0.2, 0) is 39.9 Å². The van der Waals surface area contributed by atoms with Gasteiger partial charge in [-0.05, 0) is 57.2 Å². The highest BCUT2D eigenvalue weighted by atomic mass is 35.6. The van der Waals surface area contributed by atoms with Crippen molar-refractivity contribution in [2.24, 2.45) is 17.3 Å². The molecular weight excluding hydrogens is 777 g/mol. The van der Waals surface area contributed by atoms with Crippen LogP contribution < -0.4 is 10.7 Å². The normalized spacial score (nSPS) is 16.9. The molecule has 292 valence electrons. The standard InChI is InChI=1S/C38H46Cl3N5O7S/c1-22(2)28(18-33(48)37(5,6)14-13-25-9-10-26-11-12-29(43-31(26)16-25)23(3)53-24(4)47)34(49)44-32(17-27-19-54-21-42-27)35(50)46-15-7-8-30(45-46)36(51)52-20-38(39,40)41/h9-14,16,19,21-23,28,30,32,45H,7-8,15,17-18,20H2,1-6H3,(H,44,49)/b14-13+/t23-,28+,30+,32+/m1/s1. The van der Waals surface area contributed by atoms with E-state index in [4.69, 9.17) is 44.3 Å². The van der Waals surface area contributed by atoms with Crippen molar-refractivity contribution < 1.29 is 33.4 Å². The van der Waals surface area contributed by atoms with Gasteiger partial charge in [-0.15, -0.1) is 11.3 Å². The fourth-order valence-electron chi connectivity index (χ4n) is 5.86. The number of esters is 2. The van der Waals surface area contributed by atoms with Crippen LogP contribution in [-0.4, -0.2) is 73.5 Å². The van der Waals surface area contributed by atoms with Crippen LogP contribution >= 0.6 is 46.1 Å². The third-order valence-electron chi connectivity index (χ3n) is 9.08. The number of Topliss-reactive ketones (excluding diaryl/α,β-unsaturated/α-hetero) is 1. The quantitative estimate of drug-likeness (QED) is 0.125. The van der Waals surface area contributed by atoms with E-state index in [-0.39, 0.29) is 37.1 Å². The molecule has 0 unspecified atom stereocenters. The van der Waals surface area contributed by atoms with Crippen LogP contribution in [0, 0.1) is 17.3 Å². The number of aromatic nitrogens is 2. The summed E-state index contributed by atoms with van der Waals surface area (Å²) in [6.07, 6.45) is 4.08. The molecule has 0 aliphatic carbocycles. The SMILES string of the molecule is CC(=O)O[C@H](C)c1ccc2ccc(/C=C/C(C)(C)C(=O)C[C@H](C(=O)N[C@@H](Cc3cscn3)C(=O)N3CCC[C@@H](C(=O)OCC(Cl)(Cl)Cl)N3)C(C)C)cc2n1. The van der Waals surface area contributed by atoms with Crippen molar-refractivity contribution in [1.29, 1.82) is 0 Å². The Morgan fingerprint density at radius 1 is 1.11 bits per heavy atom. The van der Waals surface area contributed by atoms with Crippen LogP contribution in [0.1, 0.15) is 83.9 Å². The number of nitrogens with one attached hydrogen (secondary N) is 2. The number of hydrogen-bond donors (Lipinski definition) is 2. The van der Waals surface area contributed by atoms with Crippen molar-refractivity contribution in [2.45, 2.75) is 89.2 Å². The van der Waals surface area contributed by atoms with E-state index in [1.54, 1.807) is 31.7 Å². The largest absolute Gasteiger partial charge is 0.460 e. The van der Waals surface area contributed by atoms with E-state index in [2.05, 4.69) is 20.7 Å². The van der Waals surface area contributed by atoms with Gasteiger partial charge in [0.15, 0.2) is 0 Å². The van der Waals surface area contributed by atoms with Crippen LogP contribution in [0.25, 0.3) is 17.0 Å².